The molecule has 1 aromatic heterocycles. The third-order valence-corrected chi connectivity index (χ3v) is 4.16. The van der Waals surface area contributed by atoms with Crippen LogP contribution in [0.3, 0.4) is 0 Å². The average Bonchev–Trinajstić information content (AvgIpc) is 2.95. The first-order chi connectivity index (χ1) is 11.5. The van der Waals surface area contributed by atoms with E-state index in [1.807, 2.05) is 0 Å². The number of fused-ring (bicyclic) bond motifs is 1. The highest BCUT2D eigenvalue weighted by Gasteiger charge is 2.24. The average molecular weight is 357 g/mol. The molecule has 3 rings (SSSR count). The number of ether oxygens (including phenoxy) is 2. The Balaban J connectivity index is 2.11. The maximum absolute atomic E-state index is 14.9. The van der Waals surface area contributed by atoms with Crippen LogP contribution in [-0.4, -0.2) is 29.5 Å². The molecule has 0 amide bonds. The van der Waals surface area contributed by atoms with Gasteiger partial charge < -0.3 is 9.47 Å². The smallest absolute Gasteiger partial charge is 0.366 e. The second-order valence-corrected chi connectivity index (χ2v) is 5.76. The van der Waals surface area contributed by atoms with E-state index in [4.69, 9.17) is 16.3 Å². The Kier molecular flexibility index (Phi) is 4.82. The summed E-state index contributed by atoms with van der Waals surface area (Å²) in [6.45, 7) is 0.557. The lowest BCUT2D eigenvalue weighted by atomic mass is 10.1. The summed E-state index contributed by atoms with van der Waals surface area (Å²) in [5.41, 5.74) is 0.0253. The topological polar surface area (TPSA) is 53.3 Å². The molecule has 8 heteroatoms. The van der Waals surface area contributed by atoms with Gasteiger partial charge in [0.05, 0.1) is 7.11 Å². The van der Waals surface area contributed by atoms with Crippen LogP contribution < -0.4 is 0 Å². The Morgan fingerprint density at radius 3 is 2.96 bits per heavy atom. The van der Waals surface area contributed by atoms with E-state index in [0.29, 0.717) is 18.4 Å². The molecule has 1 saturated heterocycles. The van der Waals surface area contributed by atoms with E-state index in [1.165, 1.54) is 16.8 Å². The van der Waals surface area contributed by atoms with Crippen LogP contribution in [0.5, 0.6) is 0 Å². The molecule has 2 aromatic rings. The summed E-state index contributed by atoms with van der Waals surface area (Å²) in [6.07, 6.45) is 2.91. The van der Waals surface area contributed by atoms with Crippen molar-refractivity contribution in [3.8, 4) is 0 Å². The number of halogens is 3. The molecule has 1 aliphatic rings. The maximum atomic E-state index is 14.9. The summed E-state index contributed by atoms with van der Waals surface area (Å²) in [5, 5.41) is 4.70. The van der Waals surface area contributed by atoms with E-state index in [1.54, 1.807) is 0 Å². The zero-order valence-corrected chi connectivity index (χ0v) is 13.6. The van der Waals surface area contributed by atoms with Crippen LogP contribution >= 0.6 is 11.6 Å². The molecule has 2 heterocycles. The molecule has 1 atom stereocenters. The summed E-state index contributed by atoms with van der Waals surface area (Å²) in [4.78, 5) is 11.2. The number of carbonyl (C=O) groups excluding carboxylic acids is 1. The Hall–Kier alpha value is -1.99. The van der Waals surface area contributed by atoms with E-state index in [9.17, 15) is 13.6 Å². The van der Waals surface area contributed by atoms with Gasteiger partial charge in [-0.05, 0) is 31.4 Å². The van der Waals surface area contributed by atoms with Crippen LogP contribution in [0.2, 0.25) is 5.15 Å². The van der Waals surface area contributed by atoms with Crippen molar-refractivity contribution in [2.24, 2.45) is 0 Å². The third kappa shape index (κ3) is 3.01. The van der Waals surface area contributed by atoms with Crippen molar-refractivity contribution in [1.29, 1.82) is 0 Å². The van der Waals surface area contributed by atoms with Crippen LogP contribution in [0.4, 0.5) is 8.78 Å². The number of nitrogens with zero attached hydrogens (tertiary/aromatic N) is 2. The van der Waals surface area contributed by atoms with Gasteiger partial charge in [0.2, 0.25) is 5.83 Å². The molecule has 0 bridgehead atoms. The number of carbonyl (C=O) groups is 1. The molecule has 5 nitrogen and oxygen atoms in total. The summed E-state index contributed by atoms with van der Waals surface area (Å²) < 4.78 is 39.8. The van der Waals surface area contributed by atoms with Gasteiger partial charge in [0.1, 0.15) is 5.52 Å². The molecule has 0 saturated carbocycles. The van der Waals surface area contributed by atoms with Crippen LogP contribution in [-0.2, 0) is 14.3 Å². The fraction of sp³-hybridized carbons (Fsp3) is 0.375. The van der Waals surface area contributed by atoms with Gasteiger partial charge in [-0.3, -0.25) is 0 Å². The van der Waals surface area contributed by atoms with Gasteiger partial charge in [-0.1, -0.05) is 17.7 Å². The van der Waals surface area contributed by atoms with Crippen LogP contribution in [0, 0.1) is 5.82 Å². The predicted octanol–water partition coefficient (Wildman–Crippen LogP) is 4.01. The summed E-state index contributed by atoms with van der Waals surface area (Å²) in [5.74, 6) is -3.08. The van der Waals surface area contributed by atoms with E-state index in [2.05, 4.69) is 9.84 Å². The minimum atomic E-state index is -1.19. The van der Waals surface area contributed by atoms with Gasteiger partial charge in [-0.15, -0.1) is 0 Å². The highest BCUT2D eigenvalue weighted by Crippen LogP contribution is 2.33. The van der Waals surface area contributed by atoms with Crippen LogP contribution in [0.25, 0.3) is 17.0 Å². The van der Waals surface area contributed by atoms with Gasteiger partial charge in [0, 0.05) is 17.6 Å². The normalized spacial score (nSPS) is 18.8. The van der Waals surface area contributed by atoms with Crippen molar-refractivity contribution in [2.75, 3.05) is 13.7 Å². The van der Waals surface area contributed by atoms with Crippen molar-refractivity contribution >= 4 is 34.5 Å². The van der Waals surface area contributed by atoms with Gasteiger partial charge >= 0.3 is 5.97 Å². The Bertz CT molecular complexity index is 813. The summed E-state index contributed by atoms with van der Waals surface area (Å²) >= 11 is 6.08. The zero-order chi connectivity index (χ0) is 17.3. The molecular formula is C16H15ClF2N2O3. The molecular weight excluding hydrogens is 342 g/mol. The third-order valence-electron chi connectivity index (χ3n) is 3.88. The fourth-order valence-corrected chi connectivity index (χ4v) is 2.93. The highest BCUT2D eigenvalue weighted by molar-refractivity contribution is 6.34. The lowest BCUT2D eigenvalue weighted by Gasteiger charge is -2.23. The highest BCUT2D eigenvalue weighted by atomic mass is 35.5. The minimum Gasteiger partial charge on any atom is -0.464 e. The second kappa shape index (κ2) is 6.86. The molecule has 1 aromatic carbocycles. The number of aromatic nitrogens is 2. The van der Waals surface area contributed by atoms with Crippen molar-refractivity contribution < 1.29 is 23.0 Å². The largest absolute Gasteiger partial charge is 0.464 e. The molecule has 0 aliphatic carbocycles. The Labute approximate surface area is 141 Å². The molecule has 0 radical (unpaired) electrons. The van der Waals surface area contributed by atoms with Crippen LogP contribution in [0.15, 0.2) is 18.0 Å². The van der Waals surface area contributed by atoms with Crippen molar-refractivity contribution in [3.05, 3.63) is 34.5 Å². The number of hydrogen-bond donors (Lipinski definition) is 0. The van der Waals surface area contributed by atoms with Gasteiger partial charge in [-0.2, -0.15) is 9.49 Å². The van der Waals surface area contributed by atoms with E-state index in [0.717, 1.165) is 26.0 Å². The van der Waals surface area contributed by atoms with Crippen molar-refractivity contribution in [3.63, 3.8) is 0 Å². The molecule has 1 aliphatic heterocycles. The minimum absolute atomic E-state index is 0.0981. The monoisotopic (exact) mass is 356 g/mol. The molecule has 1 fully saturated rings. The molecule has 1 unspecified atom stereocenters. The van der Waals surface area contributed by atoms with Crippen molar-refractivity contribution in [2.45, 2.75) is 25.5 Å². The van der Waals surface area contributed by atoms with Gasteiger partial charge in [0.25, 0.3) is 0 Å². The summed E-state index contributed by atoms with van der Waals surface area (Å²) in [7, 11) is 1.05. The summed E-state index contributed by atoms with van der Waals surface area (Å²) in [6, 6.07) is 2.86. The number of benzene rings is 1. The lowest BCUT2D eigenvalue weighted by molar-refractivity contribution is -0.137. The van der Waals surface area contributed by atoms with E-state index < -0.39 is 23.8 Å². The predicted molar refractivity (Wildman–Crippen MR) is 84.6 cm³/mol. The van der Waals surface area contributed by atoms with E-state index in [-0.39, 0.29) is 16.2 Å². The number of esters is 1. The quantitative estimate of drug-likeness (QED) is 0.616. The Morgan fingerprint density at radius 2 is 2.29 bits per heavy atom. The number of methoxy groups -OCH3 is 1. The van der Waals surface area contributed by atoms with Gasteiger partial charge in [-0.25, -0.2) is 13.9 Å². The van der Waals surface area contributed by atoms with E-state index >= 15 is 0 Å². The standard InChI is InChI=1S/C16H15ClF2N2O3/c1-23-16(22)11(18)8-9-5-6-10-14(13(9)19)21(20-15(10)17)12-4-2-3-7-24-12/h5-6,8,12H,2-4,7H2,1H3/b11-8-. The molecule has 0 N–H and O–H groups in total. The fourth-order valence-electron chi connectivity index (χ4n) is 2.70. The number of hydrogen-bond acceptors (Lipinski definition) is 4. The molecule has 128 valence electrons. The van der Waals surface area contributed by atoms with Crippen molar-refractivity contribution in [1.82, 2.24) is 9.78 Å². The SMILES string of the molecule is COC(=O)/C(F)=C/c1ccc2c(Cl)nn(C3CCCCO3)c2c1F. The first kappa shape index (κ1) is 16.9. The maximum Gasteiger partial charge on any atom is 0.366 e. The lowest BCUT2D eigenvalue weighted by Crippen LogP contribution is -2.19. The second-order valence-electron chi connectivity index (χ2n) is 5.41. The molecule has 0 spiro atoms. The number of rotatable bonds is 3. The Morgan fingerprint density at radius 1 is 1.50 bits per heavy atom. The van der Waals surface area contributed by atoms with Crippen LogP contribution in [0.1, 0.15) is 31.1 Å². The zero-order valence-electron chi connectivity index (χ0n) is 12.9. The first-order valence-corrected chi connectivity index (χ1v) is 7.84. The molecule has 24 heavy (non-hydrogen) atoms. The van der Waals surface area contributed by atoms with Gasteiger partial charge in [0.15, 0.2) is 17.2 Å². The first-order valence-electron chi connectivity index (χ1n) is 7.46.